The number of carbonyl (C=O) groups is 3. The Kier molecular flexibility index (Phi) is 7.39. The standard InChI is InChI=1S/C15H19ClN2O4/c1-10(2)18-13(19)8-17-14(20)9-22-15(21)7-11-3-5-12(16)6-4-11/h3-6,10H,7-9H2,1-2H3,(H,17,20)(H,18,19). The van der Waals surface area contributed by atoms with E-state index in [9.17, 15) is 14.4 Å². The summed E-state index contributed by atoms with van der Waals surface area (Å²) >= 11 is 5.74. The lowest BCUT2D eigenvalue weighted by Crippen LogP contribution is -2.41. The maximum absolute atomic E-state index is 11.6. The molecule has 120 valence electrons. The van der Waals surface area contributed by atoms with E-state index in [4.69, 9.17) is 16.3 Å². The summed E-state index contributed by atoms with van der Waals surface area (Å²) in [6.45, 7) is 3.07. The van der Waals surface area contributed by atoms with E-state index in [-0.39, 0.29) is 24.9 Å². The third-order valence-electron chi connectivity index (χ3n) is 2.52. The number of hydrogen-bond acceptors (Lipinski definition) is 4. The van der Waals surface area contributed by atoms with Gasteiger partial charge in [-0.2, -0.15) is 0 Å². The monoisotopic (exact) mass is 326 g/mol. The number of rotatable bonds is 7. The van der Waals surface area contributed by atoms with E-state index in [1.54, 1.807) is 24.3 Å². The number of hydrogen-bond donors (Lipinski definition) is 2. The second kappa shape index (κ2) is 9.04. The van der Waals surface area contributed by atoms with Gasteiger partial charge in [0.05, 0.1) is 13.0 Å². The van der Waals surface area contributed by atoms with Crippen LogP contribution in [0.25, 0.3) is 0 Å². The summed E-state index contributed by atoms with van der Waals surface area (Å²) in [4.78, 5) is 34.3. The second-order valence-electron chi connectivity index (χ2n) is 4.96. The molecule has 0 saturated heterocycles. The smallest absolute Gasteiger partial charge is 0.310 e. The summed E-state index contributed by atoms with van der Waals surface area (Å²) < 4.78 is 4.84. The zero-order valence-corrected chi connectivity index (χ0v) is 13.3. The van der Waals surface area contributed by atoms with Crippen LogP contribution in [0.4, 0.5) is 0 Å². The molecule has 0 aromatic heterocycles. The van der Waals surface area contributed by atoms with Crippen LogP contribution in [0.1, 0.15) is 19.4 Å². The molecule has 0 unspecified atom stereocenters. The molecule has 1 rings (SSSR count). The molecule has 7 heteroatoms. The Morgan fingerprint density at radius 3 is 2.36 bits per heavy atom. The highest BCUT2D eigenvalue weighted by molar-refractivity contribution is 6.30. The van der Waals surface area contributed by atoms with Gasteiger partial charge in [-0.15, -0.1) is 0 Å². The first-order valence-electron chi connectivity index (χ1n) is 6.83. The van der Waals surface area contributed by atoms with Gasteiger partial charge in [0.1, 0.15) is 0 Å². The third kappa shape index (κ3) is 7.64. The molecular formula is C15H19ClN2O4. The van der Waals surface area contributed by atoms with Crippen LogP contribution in [-0.4, -0.2) is 37.0 Å². The zero-order chi connectivity index (χ0) is 16.5. The number of ether oxygens (including phenoxy) is 1. The van der Waals surface area contributed by atoms with Gasteiger partial charge >= 0.3 is 5.97 Å². The van der Waals surface area contributed by atoms with E-state index >= 15 is 0 Å². The van der Waals surface area contributed by atoms with Gasteiger partial charge in [0, 0.05) is 11.1 Å². The van der Waals surface area contributed by atoms with E-state index in [1.165, 1.54) is 0 Å². The minimum Gasteiger partial charge on any atom is -0.455 e. The van der Waals surface area contributed by atoms with Crippen LogP contribution in [0.2, 0.25) is 5.02 Å². The van der Waals surface area contributed by atoms with Crippen LogP contribution in [0.15, 0.2) is 24.3 Å². The fourth-order valence-electron chi connectivity index (χ4n) is 1.57. The summed E-state index contributed by atoms with van der Waals surface area (Å²) in [5.41, 5.74) is 0.742. The van der Waals surface area contributed by atoms with Crippen molar-refractivity contribution in [3.05, 3.63) is 34.9 Å². The molecule has 0 aliphatic carbocycles. The molecule has 0 atom stereocenters. The van der Waals surface area contributed by atoms with Crippen molar-refractivity contribution in [2.24, 2.45) is 0 Å². The lowest BCUT2D eigenvalue weighted by molar-refractivity contribution is -0.147. The van der Waals surface area contributed by atoms with Gasteiger partial charge in [-0.25, -0.2) is 0 Å². The first-order chi connectivity index (χ1) is 10.4. The number of nitrogens with one attached hydrogen (secondary N) is 2. The maximum atomic E-state index is 11.6. The Labute approximate surface area is 134 Å². The van der Waals surface area contributed by atoms with Crippen LogP contribution in [-0.2, 0) is 25.5 Å². The lowest BCUT2D eigenvalue weighted by Gasteiger charge is -2.09. The summed E-state index contributed by atoms with van der Waals surface area (Å²) in [6, 6.07) is 6.76. The highest BCUT2D eigenvalue weighted by Gasteiger charge is 2.10. The minimum absolute atomic E-state index is 0.00149. The van der Waals surface area contributed by atoms with Crippen LogP contribution in [0.5, 0.6) is 0 Å². The molecule has 0 spiro atoms. The van der Waals surface area contributed by atoms with Crippen LogP contribution < -0.4 is 10.6 Å². The van der Waals surface area contributed by atoms with Crippen molar-refractivity contribution in [1.82, 2.24) is 10.6 Å². The van der Waals surface area contributed by atoms with Crippen molar-refractivity contribution in [3.8, 4) is 0 Å². The number of benzene rings is 1. The van der Waals surface area contributed by atoms with E-state index in [1.807, 2.05) is 13.8 Å². The van der Waals surface area contributed by atoms with Gasteiger partial charge in [-0.3, -0.25) is 14.4 Å². The number of amides is 2. The Balaban J connectivity index is 2.24. The average molecular weight is 327 g/mol. The summed E-state index contributed by atoms with van der Waals surface area (Å²) in [7, 11) is 0. The lowest BCUT2D eigenvalue weighted by atomic mass is 10.1. The van der Waals surface area contributed by atoms with Crippen molar-refractivity contribution in [2.45, 2.75) is 26.3 Å². The highest BCUT2D eigenvalue weighted by atomic mass is 35.5. The predicted molar refractivity (Wildman–Crippen MR) is 82.4 cm³/mol. The number of halogens is 1. The first kappa shape index (κ1) is 18.0. The zero-order valence-electron chi connectivity index (χ0n) is 12.5. The molecule has 1 aromatic rings. The quantitative estimate of drug-likeness (QED) is 0.734. The van der Waals surface area contributed by atoms with Crippen LogP contribution >= 0.6 is 11.6 Å². The molecule has 0 saturated carbocycles. The molecule has 0 heterocycles. The minimum atomic E-state index is -0.525. The van der Waals surface area contributed by atoms with Crippen molar-refractivity contribution >= 4 is 29.4 Å². The molecule has 2 amide bonds. The maximum Gasteiger partial charge on any atom is 0.310 e. The molecule has 22 heavy (non-hydrogen) atoms. The van der Waals surface area contributed by atoms with Gasteiger partial charge in [0.2, 0.25) is 5.91 Å². The topological polar surface area (TPSA) is 84.5 Å². The van der Waals surface area contributed by atoms with Crippen LogP contribution in [0.3, 0.4) is 0 Å². The van der Waals surface area contributed by atoms with Crippen molar-refractivity contribution in [1.29, 1.82) is 0 Å². The van der Waals surface area contributed by atoms with Crippen molar-refractivity contribution in [2.75, 3.05) is 13.2 Å². The Hall–Kier alpha value is -2.08. The third-order valence-corrected chi connectivity index (χ3v) is 2.77. The second-order valence-corrected chi connectivity index (χ2v) is 5.40. The van der Waals surface area contributed by atoms with E-state index in [0.29, 0.717) is 5.02 Å². The fourth-order valence-corrected chi connectivity index (χ4v) is 1.69. The Morgan fingerprint density at radius 2 is 1.77 bits per heavy atom. The van der Waals surface area contributed by atoms with Gasteiger partial charge in [-0.1, -0.05) is 23.7 Å². The predicted octanol–water partition coefficient (Wildman–Crippen LogP) is 1.07. The highest BCUT2D eigenvalue weighted by Crippen LogP contribution is 2.10. The summed E-state index contributed by atoms with van der Waals surface area (Å²) in [5, 5.41) is 5.58. The average Bonchev–Trinajstić information content (AvgIpc) is 2.44. The molecule has 0 bridgehead atoms. The normalized spacial score (nSPS) is 10.2. The molecule has 6 nitrogen and oxygen atoms in total. The van der Waals surface area contributed by atoms with Gasteiger partial charge in [0.15, 0.2) is 6.61 Å². The summed E-state index contributed by atoms with van der Waals surface area (Å²) in [6.07, 6.45) is 0.0539. The van der Waals surface area contributed by atoms with Gasteiger partial charge in [0.25, 0.3) is 5.91 Å². The molecule has 2 N–H and O–H groups in total. The largest absolute Gasteiger partial charge is 0.455 e. The SMILES string of the molecule is CC(C)NC(=O)CNC(=O)COC(=O)Cc1ccc(Cl)cc1. The number of carbonyl (C=O) groups excluding carboxylic acids is 3. The number of esters is 1. The van der Waals surface area contributed by atoms with Gasteiger partial charge in [-0.05, 0) is 31.5 Å². The Morgan fingerprint density at radius 1 is 1.14 bits per heavy atom. The molecule has 0 aliphatic rings. The molecule has 0 aliphatic heterocycles. The molecular weight excluding hydrogens is 308 g/mol. The fraction of sp³-hybridized carbons (Fsp3) is 0.400. The van der Waals surface area contributed by atoms with E-state index in [0.717, 1.165) is 5.56 Å². The molecule has 0 radical (unpaired) electrons. The van der Waals surface area contributed by atoms with Crippen molar-refractivity contribution < 1.29 is 19.1 Å². The molecule has 1 aromatic carbocycles. The van der Waals surface area contributed by atoms with E-state index < -0.39 is 18.5 Å². The first-order valence-corrected chi connectivity index (χ1v) is 7.20. The van der Waals surface area contributed by atoms with E-state index in [2.05, 4.69) is 10.6 Å². The summed E-state index contributed by atoms with van der Waals surface area (Å²) in [5.74, 6) is -1.34. The van der Waals surface area contributed by atoms with Gasteiger partial charge < -0.3 is 15.4 Å². The molecule has 0 fully saturated rings. The Bertz CT molecular complexity index is 529. The van der Waals surface area contributed by atoms with Crippen LogP contribution in [0, 0.1) is 0 Å². The van der Waals surface area contributed by atoms with Crippen molar-refractivity contribution in [3.63, 3.8) is 0 Å².